The van der Waals surface area contributed by atoms with Crippen LogP contribution in [0.15, 0.2) is 42.5 Å². The SMILES string of the molecule is CN(C)C(=O)C1CN(CCOc2ccc(NC(=O)Nc3cc(C(C)(C)C)nn3C)c3ccccc23)CCO1. The number of carbonyl (C=O) groups is 2. The predicted octanol–water partition coefficient (Wildman–Crippen LogP) is 3.68. The number of hydrogen-bond acceptors (Lipinski definition) is 6. The minimum Gasteiger partial charge on any atom is -0.492 e. The number of morpholine rings is 1. The number of aromatic nitrogens is 2. The number of carbonyl (C=O) groups excluding carboxylic acids is 2. The van der Waals surface area contributed by atoms with E-state index in [9.17, 15) is 9.59 Å². The average molecular weight is 523 g/mol. The fourth-order valence-corrected chi connectivity index (χ4v) is 4.35. The summed E-state index contributed by atoms with van der Waals surface area (Å²) in [5.74, 6) is 1.34. The van der Waals surface area contributed by atoms with Crippen LogP contribution in [0, 0.1) is 0 Å². The highest BCUT2D eigenvalue weighted by Crippen LogP contribution is 2.32. The Balaban J connectivity index is 1.40. The highest BCUT2D eigenvalue weighted by atomic mass is 16.5. The van der Waals surface area contributed by atoms with Crippen LogP contribution in [0.1, 0.15) is 26.5 Å². The first-order valence-corrected chi connectivity index (χ1v) is 12.8. The van der Waals surface area contributed by atoms with Gasteiger partial charge in [-0.1, -0.05) is 45.0 Å². The van der Waals surface area contributed by atoms with Crippen LogP contribution >= 0.6 is 0 Å². The van der Waals surface area contributed by atoms with E-state index in [0.29, 0.717) is 37.8 Å². The van der Waals surface area contributed by atoms with E-state index in [0.717, 1.165) is 28.8 Å². The molecule has 38 heavy (non-hydrogen) atoms. The molecule has 1 atom stereocenters. The monoisotopic (exact) mass is 522 g/mol. The number of likely N-dealkylation sites (N-methyl/N-ethyl adjacent to an activating group) is 1. The Morgan fingerprint density at radius 3 is 2.55 bits per heavy atom. The van der Waals surface area contributed by atoms with E-state index in [4.69, 9.17) is 9.47 Å². The van der Waals surface area contributed by atoms with Gasteiger partial charge in [0.2, 0.25) is 0 Å². The third kappa shape index (κ3) is 6.43. The molecular formula is C28H38N6O4. The second-order valence-electron chi connectivity index (χ2n) is 10.8. The summed E-state index contributed by atoms with van der Waals surface area (Å²) in [6.07, 6.45) is -0.442. The fourth-order valence-electron chi connectivity index (χ4n) is 4.35. The smallest absolute Gasteiger partial charge is 0.324 e. The van der Waals surface area contributed by atoms with Gasteiger partial charge >= 0.3 is 6.03 Å². The van der Waals surface area contributed by atoms with Crippen molar-refractivity contribution in [3.63, 3.8) is 0 Å². The van der Waals surface area contributed by atoms with Crippen molar-refractivity contribution in [2.45, 2.75) is 32.3 Å². The Kier molecular flexibility index (Phi) is 8.23. The summed E-state index contributed by atoms with van der Waals surface area (Å²) in [7, 11) is 5.29. The van der Waals surface area contributed by atoms with Crippen LogP contribution in [0.2, 0.25) is 0 Å². The third-order valence-corrected chi connectivity index (χ3v) is 6.55. The van der Waals surface area contributed by atoms with Crippen LogP contribution in [-0.4, -0.2) is 84.6 Å². The summed E-state index contributed by atoms with van der Waals surface area (Å²) < 4.78 is 13.5. The molecule has 2 aromatic carbocycles. The van der Waals surface area contributed by atoms with Gasteiger partial charge in [-0.15, -0.1) is 0 Å². The van der Waals surface area contributed by atoms with Crippen molar-refractivity contribution in [3.05, 3.63) is 48.2 Å². The van der Waals surface area contributed by atoms with Crippen molar-refractivity contribution in [2.75, 3.05) is 57.6 Å². The number of hydrogen-bond donors (Lipinski definition) is 2. The molecule has 10 nitrogen and oxygen atoms in total. The first-order chi connectivity index (χ1) is 18.0. The van der Waals surface area contributed by atoms with Crippen molar-refractivity contribution in [1.29, 1.82) is 0 Å². The molecule has 0 bridgehead atoms. The van der Waals surface area contributed by atoms with Gasteiger partial charge in [0.05, 0.1) is 18.0 Å². The maximum Gasteiger partial charge on any atom is 0.324 e. The summed E-state index contributed by atoms with van der Waals surface area (Å²) in [5, 5.41) is 12.2. The molecule has 1 aromatic heterocycles. The molecule has 3 amide bonds. The Morgan fingerprint density at radius 1 is 1.13 bits per heavy atom. The maximum absolute atomic E-state index is 12.8. The number of amides is 3. The number of benzene rings is 2. The highest BCUT2D eigenvalue weighted by molar-refractivity contribution is 6.07. The molecule has 1 fully saturated rings. The third-order valence-electron chi connectivity index (χ3n) is 6.55. The Hall–Kier alpha value is -3.63. The van der Waals surface area contributed by atoms with E-state index >= 15 is 0 Å². The van der Waals surface area contributed by atoms with Gasteiger partial charge in [0.15, 0.2) is 0 Å². The van der Waals surface area contributed by atoms with Crippen molar-refractivity contribution in [3.8, 4) is 5.75 Å². The Morgan fingerprint density at radius 2 is 1.87 bits per heavy atom. The number of nitrogens with one attached hydrogen (secondary N) is 2. The summed E-state index contributed by atoms with van der Waals surface area (Å²) in [5.41, 5.74) is 1.47. The number of anilines is 2. The van der Waals surface area contributed by atoms with Gasteiger partial charge in [-0.3, -0.25) is 19.7 Å². The number of aryl methyl sites for hydroxylation is 1. The van der Waals surface area contributed by atoms with Crippen molar-refractivity contribution < 1.29 is 19.1 Å². The molecule has 1 aliphatic heterocycles. The second-order valence-corrected chi connectivity index (χ2v) is 10.8. The van der Waals surface area contributed by atoms with Gasteiger partial charge in [0.1, 0.15) is 24.3 Å². The number of nitrogens with zero attached hydrogens (tertiary/aromatic N) is 4. The molecule has 2 N–H and O–H groups in total. The van der Waals surface area contributed by atoms with Gasteiger partial charge in [-0.05, 0) is 12.1 Å². The fraction of sp³-hybridized carbons (Fsp3) is 0.464. The normalized spacial score (nSPS) is 16.3. The van der Waals surface area contributed by atoms with Crippen LogP contribution < -0.4 is 15.4 Å². The van der Waals surface area contributed by atoms with Gasteiger partial charge in [0.25, 0.3) is 5.91 Å². The average Bonchev–Trinajstić information content (AvgIpc) is 3.25. The van der Waals surface area contributed by atoms with E-state index in [1.54, 1.807) is 23.7 Å². The molecule has 0 radical (unpaired) electrons. The second kappa shape index (κ2) is 11.4. The van der Waals surface area contributed by atoms with Crippen LogP contribution in [0.25, 0.3) is 10.8 Å². The standard InChI is InChI=1S/C28H38N6O4/c1-28(2,3)24-17-25(33(6)31-24)30-27(36)29-21-11-12-22(20-10-8-7-9-19(20)21)37-15-13-34-14-16-38-23(18-34)26(35)32(4)5/h7-12,17,23H,13-16,18H2,1-6H3,(H2,29,30,36). The minimum absolute atomic E-state index is 0.0215. The Bertz CT molecular complexity index is 1300. The number of urea groups is 1. The van der Waals surface area contributed by atoms with Gasteiger partial charge in [-0.25, -0.2) is 4.79 Å². The topological polar surface area (TPSA) is 101 Å². The minimum atomic E-state index is -0.442. The van der Waals surface area contributed by atoms with E-state index in [-0.39, 0.29) is 17.4 Å². The first-order valence-electron chi connectivity index (χ1n) is 12.8. The zero-order valence-corrected chi connectivity index (χ0v) is 23.1. The molecule has 204 valence electrons. The lowest BCUT2D eigenvalue weighted by atomic mass is 9.92. The predicted molar refractivity (Wildman–Crippen MR) is 149 cm³/mol. The van der Waals surface area contributed by atoms with Crippen LogP contribution in [0.3, 0.4) is 0 Å². The van der Waals surface area contributed by atoms with Gasteiger partial charge < -0.3 is 19.7 Å². The number of rotatable bonds is 7. The summed E-state index contributed by atoms with van der Waals surface area (Å²) >= 11 is 0. The lowest BCUT2D eigenvalue weighted by Gasteiger charge is -2.33. The van der Waals surface area contributed by atoms with Crippen molar-refractivity contribution in [2.24, 2.45) is 7.05 Å². The van der Waals surface area contributed by atoms with E-state index in [1.807, 2.05) is 49.5 Å². The molecule has 0 saturated carbocycles. The van der Waals surface area contributed by atoms with Gasteiger partial charge in [-0.2, -0.15) is 5.10 Å². The van der Waals surface area contributed by atoms with Crippen LogP contribution in [0.5, 0.6) is 5.75 Å². The molecule has 1 saturated heterocycles. The Labute approximate surface area is 223 Å². The summed E-state index contributed by atoms with van der Waals surface area (Å²) in [6, 6.07) is 13.1. The highest BCUT2D eigenvalue weighted by Gasteiger charge is 2.27. The molecular weight excluding hydrogens is 484 g/mol. The molecule has 3 aromatic rings. The molecule has 4 rings (SSSR count). The molecule has 1 aliphatic rings. The van der Waals surface area contributed by atoms with Crippen LogP contribution in [0.4, 0.5) is 16.3 Å². The quantitative estimate of drug-likeness (QED) is 0.491. The largest absolute Gasteiger partial charge is 0.492 e. The van der Waals surface area contributed by atoms with Crippen molar-refractivity contribution in [1.82, 2.24) is 19.6 Å². The molecule has 0 spiro atoms. The van der Waals surface area contributed by atoms with E-state index < -0.39 is 6.10 Å². The first kappa shape index (κ1) is 27.4. The zero-order valence-electron chi connectivity index (χ0n) is 23.1. The zero-order chi connectivity index (χ0) is 27.4. The summed E-state index contributed by atoms with van der Waals surface area (Å²) in [6.45, 7) is 9.22. The molecule has 2 heterocycles. The maximum atomic E-state index is 12.8. The lowest BCUT2D eigenvalue weighted by molar-refractivity contribution is -0.146. The molecule has 1 unspecified atom stereocenters. The molecule has 10 heteroatoms. The van der Waals surface area contributed by atoms with Crippen LogP contribution in [-0.2, 0) is 22.0 Å². The number of ether oxygens (including phenoxy) is 2. The van der Waals surface area contributed by atoms with Crippen molar-refractivity contribution >= 4 is 34.2 Å². The van der Waals surface area contributed by atoms with E-state index in [2.05, 4.69) is 41.4 Å². The summed E-state index contributed by atoms with van der Waals surface area (Å²) in [4.78, 5) is 28.8. The number of fused-ring (bicyclic) bond motifs is 1. The molecule has 0 aliphatic carbocycles. The lowest BCUT2D eigenvalue weighted by Crippen LogP contribution is -2.50. The van der Waals surface area contributed by atoms with Gasteiger partial charge in [0, 0.05) is 63.0 Å². The van der Waals surface area contributed by atoms with E-state index in [1.165, 1.54) is 0 Å².